The third-order valence-electron chi connectivity index (χ3n) is 2.94. The van der Waals surface area contributed by atoms with E-state index in [0.29, 0.717) is 16.7 Å². The van der Waals surface area contributed by atoms with E-state index in [1.54, 1.807) is 18.2 Å². The van der Waals surface area contributed by atoms with Gasteiger partial charge in [0, 0.05) is 11.6 Å². The van der Waals surface area contributed by atoms with E-state index in [-0.39, 0.29) is 16.3 Å². The van der Waals surface area contributed by atoms with Gasteiger partial charge in [0.15, 0.2) is 0 Å². The zero-order chi connectivity index (χ0) is 15.7. The van der Waals surface area contributed by atoms with Crippen LogP contribution in [0.15, 0.2) is 36.4 Å². The molecule has 0 atom stereocenters. The Kier molecular flexibility index (Phi) is 3.70. The molecule has 1 aromatic heterocycles. The number of benzene rings is 2. The molecule has 110 valence electrons. The molecule has 1 amide bonds. The van der Waals surface area contributed by atoms with Gasteiger partial charge < -0.3 is 5.32 Å². The molecule has 3 rings (SSSR count). The van der Waals surface area contributed by atoms with Crippen LogP contribution in [-0.4, -0.2) is 19.6 Å². The van der Waals surface area contributed by atoms with E-state index in [9.17, 15) is 14.9 Å². The summed E-state index contributed by atoms with van der Waals surface area (Å²) >= 11 is 6.77. The minimum atomic E-state index is -0.635. The maximum atomic E-state index is 12.2. The summed E-state index contributed by atoms with van der Waals surface area (Å²) in [6.07, 6.45) is 0. The molecule has 22 heavy (non-hydrogen) atoms. The lowest BCUT2D eigenvalue weighted by molar-refractivity contribution is -0.384. The molecule has 2 aromatic carbocycles. The number of rotatable bonds is 3. The summed E-state index contributed by atoms with van der Waals surface area (Å²) in [5.74, 6) is -0.486. The number of carbonyl (C=O) groups is 1. The van der Waals surface area contributed by atoms with Crippen LogP contribution in [0.4, 0.5) is 11.4 Å². The lowest BCUT2D eigenvalue weighted by Gasteiger charge is -2.06. The smallest absolute Gasteiger partial charge is 0.288 e. The molecule has 0 bridgehead atoms. The van der Waals surface area contributed by atoms with Crippen LogP contribution in [0.1, 0.15) is 10.4 Å². The molecule has 0 aliphatic carbocycles. The van der Waals surface area contributed by atoms with Crippen LogP contribution in [-0.2, 0) is 0 Å². The standard InChI is InChI=1S/C13H7ClN4O3S/c14-8-5-4-7(6-11(8)18(20)21)13(19)15-9-2-1-3-10-12(9)17-22-16-10/h1-6H,(H,15,19). The van der Waals surface area contributed by atoms with E-state index in [4.69, 9.17) is 11.6 Å². The topological polar surface area (TPSA) is 98.0 Å². The fraction of sp³-hybridized carbons (Fsp3) is 0. The van der Waals surface area contributed by atoms with Gasteiger partial charge >= 0.3 is 0 Å². The molecule has 0 saturated carbocycles. The van der Waals surface area contributed by atoms with Gasteiger partial charge in [-0.2, -0.15) is 8.75 Å². The van der Waals surface area contributed by atoms with E-state index in [2.05, 4.69) is 14.1 Å². The maximum absolute atomic E-state index is 12.2. The van der Waals surface area contributed by atoms with Crippen LogP contribution in [0.2, 0.25) is 5.02 Å². The average Bonchev–Trinajstić information content (AvgIpc) is 2.97. The molecule has 0 aliphatic rings. The Morgan fingerprint density at radius 1 is 1.27 bits per heavy atom. The van der Waals surface area contributed by atoms with Crippen molar-refractivity contribution >= 4 is 51.6 Å². The maximum Gasteiger partial charge on any atom is 0.288 e. The predicted molar refractivity (Wildman–Crippen MR) is 83.5 cm³/mol. The van der Waals surface area contributed by atoms with Crippen LogP contribution in [0, 0.1) is 10.1 Å². The van der Waals surface area contributed by atoms with Crippen molar-refractivity contribution in [3.8, 4) is 0 Å². The van der Waals surface area contributed by atoms with Crippen molar-refractivity contribution in [2.24, 2.45) is 0 Å². The molecule has 0 radical (unpaired) electrons. The van der Waals surface area contributed by atoms with Crippen molar-refractivity contribution in [3.63, 3.8) is 0 Å². The Hall–Kier alpha value is -2.58. The van der Waals surface area contributed by atoms with Crippen molar-refractivity contribution in [1.29, 1.82) is 0 Å². The molecule has 0 fully saturated rings. The van der Waals surface area contributed by atoms with Gasteiger partial charge in [-0.1, -0.05) is 17.7 Å². The van der Waals surface area contributed by atoms with Crippen molar-refractivity contribution in [3.05, 3.63) is 57.1 Å². The molecule has 0 aliphatic heterocycles. The third kappa shape index (κ3) is 2.61. The lowest BCUT2D eigenvalue weighted by Crippen LogP contribution is -2.12. The van der Waals surface area contributed by atoms with Gasteiger partial charge in [-0.25, -0.2) is 0 Å². The number of carbonyl (C=O) groups excluding carboxylic acids is 1. The number of amides is 1. The van der Waals surface area contributed by atoms with E-state index in [0.717, 1.165) is 17.8 Å². The van der Waals surface area contributed by atoms with E-state index < -0.39 is 10.8 Å². The summed E-state index contributed by atoms with van der Waals surface area (Å²) in [7, 11) is 0. The average molecular weight is 335 g/mol. The number of nitro benzene ring substituents is 1. The molecule has 9 heteroatoms. The zero-order valence-corrected chi connectivity index (χ0v) is 12.4. The summed E-state index contributed by atoms with van der Waals surface area (Å²) in [5.41, 5.74) is 1.56. The van der Waals surface area contributed by atoms with Crippen molar-refractivity contribution < 1.29 is 9.72 Å². The fourth-order valence-corrected chi connectivity index (χ4v) is 2.63. The first-order chi connectivity index (χ1) is 10.6. The van der Waals surface area contributed by atoms with E-state index in [1.807, 2.05) is 0 Å². The number of aromatic nitrogens is 2. The Bertz CT molecular complexity index is 896. The molecule has 0 unspecified atom stereocenters. The van der Waals surface area contributed by atoms with Gasteiger partial charge in [0.05, 0.1) is 22.3 Å². The quantitative estimate of drug-likeness (QED) is 0.583. The Morgan fingerprint density at radius 2 is 2.09 bits per heavy atom. The van der Waals surface area contributed by atoms with Crippen LogP contribution in [0.25, 0.3) is 11.0 Å². The van der Waals surface area contributed by atoms with Crippen LogP contribution < -0.4 is 5.32 Å². The summed E-state index contributed by atoms with van der Waals surface area (Å²) in [6, 6.07) is 9.08. The number of nitro groups is 1. The summed E-state index contributed by atoms with van der Waals surface area (Å²) in [6.45, 7) is 0. The second-order valence-corrected chi connectivity index (χ2v) is 5.25. The normalized spacial score (nSPS) is 10.6. The van der Waals surface area contributed by atoms with Crippen LogP contribution in [0.5, 0.6) is 0 Å². The Balaban J connectivity index is 1.93. The fourth-order valence-electron chi connectivity index (χ4n) is 1.90. The highest BCUT2D eigenvalue weighted by Crippen LogP contribution is 2.26. The number of hydrogen-bond acceptors (Lipinski definition) is 6. The van der Waals surface area contributed by atoms with E-state index in [1.165, 1.54) is 12.1 Å². The molecular formula is C13H7ClN4O3S. The number of hydrogen-bond donors (Lipinski definition) is 1. The van der Waals surface area contributed by atoms with Gasteiger partial charge in [-0.3, -0.25) is 14.9 Å². The van der Waals surface area contributed by atoms with Gasteiger partial charge in [0.2, 0.25) is 0 Å². The summed E-state index contributed by atoms with van der Waals surface area (Å²) in [4.78, 5) is 22.5. The summed E-state index contributed by atoms with van der Waals surface area (Å²) < 4.78 is 8.19. The first-order valence-corrected chi connectivity index (χ1v) is 7.13. The third-order valence-corrected chi connectivity index (χ3v) is 3.80. The molecular weight excluding hydrogens is 328 g/mol. The molecule has 3 aromatic rings. The number of halogens is 1. The SMILES string of the molecule is O=C(Nc1cccc2nsnc12)c1ccc(Cl)c([N+](=O)[O-])c1. The van der Waals surface area contributed by atoms with Gasteiger partial charge in [-0.05, 0) is 24.3 Å². The lowest BCUT2D eigenvalue weighted by atomic mass is 10.1. The minimum absolute atomic E-state index is 0.0210. The van der Waals surface area contributed by atoms with E-state index >= 15 is 0 Å². The molecule has 7 nitrogen and oxygen atoms in total. The van der Waals surface area contributed by atoms with Gasteiger partial charge in [0.25, 0.3) is 11.6 Å². The molecule has 0 spiro atoms. The van der Waals surface area contributed by atoms with Crippen molar-refractivity contribution in [2.75, 3.05) is 5.32 Å². The Labute approximate surface area is 133 Å². The van der Waals surface area contributed by atoms with Crippen LogP contribution in [0.3, 0.4) is 0 Å². The van der Waals surface area contributed by atoms with Gasteiger partial charge in [-0.15, -0.1) is 0 Å². The molecule has 0 saturated heterocycles. The van der Waals surface area contributed by atoms with Crippen LogP contribution >= 0.6 is 23.3 Å². The number of fused-ring (bicyclic) bond motifs is 1. The predicted octanol–water partition coefficient (Wildman–Crippen LogP) is 3.51. The molecule has 1 N–H and O–H groups in total. The highest BCUT2D eigenvalue weighted by molar-refractivity contribution is 7.00. The zero-order valence-electron chi connectivity index (χ0n) is 10.8. The molecule has 1 heterocycles. The first-order valence-electron chi connectivity index (χ1n) is 6.03. The number of nitrogens with zero attached hydrogens (tertiary/aromatic N) is 3. The number of nitrogens with one attached hydrogen (secondary N) is 1. The first kappa shape index (κ1) is 14.4. The second kappa shape index (κ2) is 5.66. The number of anilines is 1. The largest absolute Gasteiger partial charge is 0.320 e. The second-order valence-electron chi connectivity index (χ2n) is 4.31. The monoisotopic (exact) mass is 334 g/mol. The summed E-state index contributed by atoms with van der Waals surface area (Å²) in [5, 5.41) is 13.5. The highest BCUT2D eigenvalue weighted by atomic mass is 35.5. The van der Waals surface area contributed by atoms with Crippen molar-refractivity contribution in [2.45, 2.75) is 0 Å². The van der Waals surface area contributed by atoms with Crippen molar-refractivity contribution in [1.82, 2.24) is 8.75 Å². The minimum Gasteiger partial charge on any atom is -0.320 e. The Morgan fingerprint density at radius 3 is 2.86 bits per heavy atom. The highest BCUT2D eigenvalue weighted by Gasteiger charge is 2.17. The van der Waals surface area contributed by atoms with Gasteiger partial charge in [0.1, 0.15) is 16.1 Å².